The number of nitrogens with one attached hydrogen (secondary N) is 2. The number of pyridine rings is 1. The highest BCUT2D eigenvalue weighted by Gasteiger charge is 2.09. The van der Waals surface area contributed by atoms with Crippen molar-refractivity contribution in [3.63, 3.8) is 0 Å². The zero-order valence-corrected chi connectivity index (χ0v) is 15.1. The van der Waals surface area contributed by atoms with Crippen LogP contribution < -0.4 is 10.6 Å². The van der Waals surface area contributed by atoms with Crippen LogP contribution in [-0.4, -0.2) is 61.8 Å². The third-order valence-electron chi connectivity index (χ3n) is 4.19. The van der Waals surface area contributed by atoms with Crippen LogP contribution in [0.2, 0.25) is 0 Å². The third-order valence-corrected chi connectivity index (χ3v) is 4.19. The molecule has 140 valence electrons. The zero-order valence-electron chi connectivity index (χ0n) is 15.1. The Bertz CT molecular complexity index is 639. The molecule has 0 saturated carbocycles. The van der Waals surface area contributed by atoms with E-state index in [0.717, 1.165) is 69.8 Å². The monoisotopic (exact) mass is 357 g/mol. The second-order valence-corrected chi connectivity index (χ2v) is 6.12. The van der Waals surface area contributed by atoms with Gasteiger partial charge in [0.25, 0.3) is 0 Å². The number of morpholine rings is 1. The average Bonchev–Trinajstić information content (AvgIpc) is 3.21. The van der Waals surface area contributed by atoms with Gasteiger partial charge in [-0.05, 0) is 24.3 Å². The van der Waals surface area contributed by atoms with E-state index >= 15 is 0 Å². The Morgan fingerprint density at radius 1 is 1.12 bits per heavy atom. The van der Waals surface area contributed by atoms with Gasteiger partial charge in [0, 0.05) is 45.3 Å². The molecule has 0 radical (unpaired) electrons. The van der Waals surface area contributed by atoms with Crippen molar-refractivity contribution in [1.29, 1.82) is 0 Å². The van der Waals surface area contributed by atoms with Crippen molar-refractivity contribution in [3.05, 3.63) is 54.2 Å². The van der Waals surface area contributed by atoms with Crippen molar-refractivity contribution in [2.24, 2.45) is 4.99 Å². The summed E-state index contributed by atoms with van der Waals surface area (Å²) in [5.74, 6) is 1.77. The summed E-state index contributed by atoms with van der Waals surface area (Å²) < 4.78 is 10.8. The molecule has 0 spiro atoms. The molecule has 2 N–H and O–H groups in total. The van der Waals surface area contributed by atoms with Gasteiger partial charge in [-0.25, -0.2) is 4.99 Å². The van der Waals surface area contributed by atoms with Crippen LogP contribution in [-0.2, 0) is 17.7 Å². The SMILES string of the molecule is c1ccc(CN=C(NCCc2ccco2)NCCN2CCOCC2)nc1. The fourth-order valence-electron chi connectivity index (χ4n) is 2.74. The number of aliphatic imine (C=N–C) groups is 1. The Morgan fingerprint density at radius 3 is 2.77 bits per heavy atom. The second kappa shape index (κ2) is 10.6. The van der Waals surface area contributed by atoms with Crippen molar-refractivity contribution in [3.8, 4) is 0 Å². The van der Waals surface area contributed by atoms with Crippen LogP contribution in [0.4, 0.5) is 0 Å². The number of hydrogen-bond donors (Lipinski definition) is 2. The normalized spacial score (nSPS) is 15.8. The Labute approximate surface area is 154 Å². The van der Waals surface area contributed by atoms with E-state index < -0.39 is 0 Å². The van der Waals surface area contributed by atoms with E-state index in [9.17, 15) is 0 Å². The molecule has 7 heteroatoms. The summed E-state index contributed by atoms with van der Waals surface area (Å²) in [6.45, 7) is 6.76. The molecule has 0 unspecified atom stereocenters. The first-order valence-electron chi connectivity index (χ1n) is 9.15. The van der Waals surface area contributed by atoms with E-state index in [0.29, 0.717) is 6.54 Å². The largest absolute Gasteiger partial charge is 0.469 e. The van der Waals surface area contributed by atoms with Gasteiger partial charge in [-0.2, -0.15) is 0 Å². The van der Waals surface area contributed by atoms with Crippen molar-refractivity contribution in [2.75, 3.05) is 45.9 Å². The average molecular weight is 357 g/mol. The van der Waals surface area contributed by atoms with E-state index in [1.807, 2.05) is 30.3 Å². The number of rotatable bonds is 8. The number of aromatic nitrogens is 1. The number of ether oxygens (including phenoxy) is 1. The Balaban J connectivity index is 1.47. The van der Waals surface area contributed by atoms with E-state index in [2.05, 4.69) is 25.5 Å². The smallest absolute Gasteiger partial charge is 0.191 e. The first-order chi connectivity index (χ1) is 12.9. The fourth-order valence-corrected chi connectivity index (χ4v) is 2.74. The molecule has 3 rings (SSSR count). The minimum Gasteiger partial charge on any atom is -0.469 e. The van der Waals surface area contributed by atoms with Gasteiger partial charge in [0.1, 0.15) is 5.76 Å². The van der Waals surface area contributed by atoms with Crippen molar-refractivity contribution >= 4 is 5.96 Å². The summed E-state index contributed by atoms with van der Waals surface area (Å²) in [6, 6.07) is 9.77. The molecule has 1 aliphatic heterocycles. The van der Waals surface area contributed by atoms with Gasteiger partial charge in [0.2, 0.25) is 0 Å². The van der Waals surface area contributed by atoms with Crippen LogP contribution in [0, 0.1) is 0 Å². The van der Waals surface area contributed by atoms with Crippen LogP contribution in [0.3, 0.4) is 0 Å². The lowest BCUT2D eigenvalue weighted by Gasteiger charge is -2.26. The minimum absolute atomic E-state index is 0.550. The molecule has 1 fully saturated rings. The highest BCUT2D eigenvalue weighted by atomic mass is 16.5. The number of nitrogens with zero attached hydrogens (tertiary/aromatic N) is 3. The number of hydrogen-bond acceptors (Lipinski definition) is 5. The first-order valence-corrected chi connectivity index (χ1v) is 9.15. The van der Waals surface area contributed by atoms with E-state index in [-0.39, 0.29) is 0 Å². The van der Waals surface area contributed by atoms with Crippen molar-refractivity contribution in [1.82, 2.24) is 20.5 Å². The quantitative estimate of drug-likeness (QED) is 0.548. The van der Waals surface area contributed by atoms with Gasteiger partial charge in [-0.1, -0.05) is 6.07 Å². The topological polar surface area (TPSA) is 74.9 Å². The summed E-state index contributed by atoms with van der Waals surface area (Å²) in [5, 5.41) is 6.79. The summed E-state index contributed by atoms with van der Waals surface area (Å²) in [5.41, 5.74) is 0.952. The predicted octanol–water partition coefficient (Wildman–Crippen LogP) is 1.28. The van der Waals surface area contributed by atoms with Gasteiger partial charge in [-0.3, -0.25) is 9.88 Å². The Hall–Kier alpha value is -2.38. The van der Waals surface area contributed by atoms with E-state index in [1.165, 1.54) is 0 Å². The van der Waals surface area contributed by atoms with Crippen molar-refractivity contribution in [2.45, 2.75) is 13.0 Å². The first kappa shape index (κ1) is 18.4. The maximum absolute atomic E-state index is 5.39. The molecule has 2 aromatic rings. The molecular weight excluding hydrogens is 330 g/mol. The van der Waals surface area contributed by atoms with Crippen LogP contribution >= 0.6 is 0 Å². The van der Waals surface area contributed by atoms with Gasteiger partial charge >= 0.3 is 0 Å². The van der Waals surface area contributed by atoms with Crippen molar-refractivity contribution < 1.29 is 9.15 Å². The van der Waals surface area contributed by atoms with Gasteiger partial charge in [0.15, 0.2) is 5.96 Å². The molecule has 0 bridgehead atoms. The molecular formula is C19H27N5O2. The maximum atomic E-state index is 5.39. The van der Waals surface area contributed by atoms with E-state index in [1.54, 1.807) is 12.5 Å². The number of guanidine groups is 1. The summed E-state index contributed by atoms with van der Waals surface area (Å²) in [4.78, 5) is 11.4. The van der Waals surface area contributed by atoms with Gasteiger partial charge < -0.3 is 19.8 Å². The Morgan fingerprint density at radius 2 is 2.00 bits per heavy atom. The van der Waals surface area contributed by atoms with Crippen LogP contribution in [0.1, 0.15) is 11.5 Å². The maximum Gasteiger partial charge on any atom is 0.191 e. The summed E-state index contributed by atoms with van der Waals surface area (Å²) in [6.07, 6.45) is 4.31. The van der Waals surface area contributed by atoms with Crippen LogP contribution in [0.5, 0.6) is 0 Å². The fraction of sp³-hybridized carbons (Fsp3) is 0.474. The standard InChI is InChI=1S/C19H27N5O2/c1-2-7-20-17(4-1)16-23-19(21-8-6-18-5-3-13-26-18)22-9-10-24-11-14-25-15-12-24/h1-5,7,13H,6,8-12,14-16H2,(H2,21,22,23). The lowest BCUT2D eigenvalue weighted by molar-refractivity contribution is 0.0389. The van der Waals surface area contributed by atoms with Crippen LogP contribution in [0.15, 0.2) is 52.2 Å². The van der Waals surface area contributed by atoms with Gasteiger partial charge in [-0.15, -0.1) is 0 Å². The van der Waals surface area contributed by atoms with Gasteiger partial charge in [0.05, 0.1) is 31.7 Å². The molecule has 2 aromatic heterocycles. The molecule has 0 amide bonds. The highest BCUT2D eigenvalue weighted by molar-refractivity contribution is 5.79. The molecule has 1 saturated heterocycles. The molecule has 7 nitrogen and oxygen atoms in total. The second-order valence-electron chi connectivity index (χ2n) is 6.12. The molecule has 0 aliphatic carbocycles. The minimum atomic E-state index is 0.550. The summed E-state index contributed by atoms with van der Waals surface area (Å²) in [7, 11) is 0. The molecule has 26 heavy (non-hydrogen) atoms. The predicted molar refractivity (Wildman–Crippen MR) is 101 cm³/mol. The number of furan rings is 1. The lowest BCUT2D eigenvalue weighted by atomic mass is 10.3. The molecule has 0 atom stereocenters. The summed E-state index contributed by atoms with van der Waals surface area (Å²) >= 11 is 0. The van der Waals surface area contributed by atoms with Crippen LogP contribution in [0.25, 0.3) is 0 Å². The lowest BCUT2D eigenvalue weighted by Crippen LogP contribution is -2.44. The Kier molecular flexibility index (Phi) is 7.49. The third kappa shape index (κ3) is 6.50. The molecule has 3 heterocycles. The molecule has 1 aliphatic rings. The highest BCUT2D eigenvalue weighted by Crippen LogP contribution is 2.00. The van der Waals surface area contributed by atoms with E-state index in [4.69, 9.17) is 9.15 Å². The zero-order chi connectivity index (χ0) is 17.9. The molecule has 0 aromatic carbocycles.